The van der Waals surface area contributed by atoms with E-state index >= 15 is 0 Å². The second-order valence-electron chi connectivity index (χ2n) is 1.41. The fraction of sp³-hybridized carbons (Fsp3) is 0. The van der Waals surface area contributed by atoms with Crippen molar-refractivity contribution in [3.63, 3.8) is 0 Å². The highest BCUT2D eigenvalue weighted by Crippen LogP contribution is 2.03. The quantitative estimate of drug-likeness (QED) is 0.515. The van der Waals surface area contributed by atoms with Crippen molar-refractivity contribution >= 4 is 0 Å². The highest BCUT2D eigenvalue weighted by molar-refractivity contribution is 5.17. The SMILES string of the molecule is C#COc1cccnc1. The maximum atomic E-state index is 4.86. The lowest BCUT2D eigenvalue weighted by molar-refractivity contribution is 0.518. The van der Waals surface area contributed by atoms with Crippen LogP contribution in [0.3, 0.4) is 0 Å². The van der Waals surface area contributed by atoms with Crippen LogP contribution in [0, 0.1) is 12.5 Å². The van der Waals surface area contributed by atoms with E-state index in [0.29, 0.717) is 5.75 Å². The van der Waals surface area contributed by atoms with Crippen LogP contribution in [0.15, 0.2) is 24.5 Å². The van der Waals surface area contributed by atoms with E-state index in [1.54, 1.807) is 24.5 Å². The van der Waals surface area contributed by atoms with Gasteiger partial charge in [-0.2, -0.15) is 0 Å². The lowest BCUT2D eigenvalue weighted by atomic mass is 10.5. The Balaban J connectivity index is 2.76. The molecular formula is C7H5NO. The van der Waals surface area contributed by atoms with Crippen LogP contribution < -0.4 is 4.74 Å². The molecule has 2 heteroatoms. The van der Waals surface area contributed by atoms with Gasteiger partial charge >= 0.3 is 0 Å². The van der Waals surface area contributed by atoms with Gasteiger partial charge < -0.3 is 4.74 Å². The molecule has 2 nitrogen and oxygen atoms in total. The number of ether oxygens (including phenoxy) is 1. The summed E-state index contributed by atoms with van der Waals surface area (Å²) in [7, 11) is 0. The summed E-state index contributed by atoms with van der Waals surface area (Å²) in [5.74, 6) is 0.597. The highest BCUT2D eigenvalue weighted by Gasteiger charge is 1.84. The first-order valence-corrected chi connectivity index (χ1v) is 2.46. The molecular weight excluding hydrogens is 114 g/mol. The molecule has 1 heterocycles. The maximum Gasteiger partial charge on any atom is 0.158 e. The van der Waals surface area contributed by atoms with Gasteiger partial charge in [-0.1, -0.05) is 6.42 Å². The predicted octanol–water partition coefficient (Wildman–Crippen LogP) is 1.05. The van der Waals surface area contributed by atoms with Gasteiger partial charge in [-0.25, -0.2) is 0 Å². The molecule has 0 spiro atoms. The molecule has 9 heavy (non-hydrogen) atoms. The van der Waals surface area contributed by atoms with Crippen LogP contribution in [0.1, 0.15) is 0 Å². The summed E-state index contributed by atoms with van der Waals surface area (Å²) in [4.78, 5) is 3.78. The summed E-state index contributed by atoms with van der Waals surface area (Å²) >= 11 is 0. The Morgan fingerprint density at radius 3 is 3.11 bits per heavy atom. The normalized spacial score (nSPS) is 7.89. The minimum atomic E-state index is 0.597. The van der Waals surface area contributed by atoms with E-state index in [-0.39, 0.29) is 0 Å². The molecule has 0 saturated carbocycles. The van der Waals surface area contributed by atoms with Crippen LogP contribution in [0.4, 0.5) is 0 Å². The van der Waals surface area contributed by atoms with Crippen molar-refractivity contribution in [1.82, 2.24) is 4.98 Å². The van der Waals surface area contributed by atoms with Gasteiger partial charge in [0.2, 0.25) is 0 Å². The lowest BCUT2D eigenvalue weighted by Crippen LogP contribution is -1.80. The van der Waals surface area contributed by atoms with Gasteiger partial charge in [0.25, 0.3) is 0 Å². The number of hydrogen-bond acceptors (Lipinski definition) is 2. The minimum Gasteiger partial charge on any atom is -0.406 e. The Bertz CT molecular complexity index is 212. The van der Waals surface area contributed by atoms with Crippen molar-refractivity contribution in [2.75, 3.05) is 0 Å². The van der Waals surface area contributed by atoms with Gasteiger partial charge in [0.05, 0.1) is 6.20 Å². The Hall–Kier alpha value is -1.49. The first kappa shape index (κ1) is 5.64. The summed E-state index contributed by atoms with van der Waals surface area (Å²) in [6, 6.07) is 3.50. The molecule has 1 aromatic heterocycles. The molecule has 0 aliphatic carbocycles. The molecule has 0 amide bonds. The monoisotopic (exact) mass is 119 g/mol. The molecule has 1 aromatic rings. The van der Waals surface area contributed by atoms with Gasteiger partial charge in [0.15, 0.2) is 5.75 Å². The molecule has 1 rings (SSSR count). The van der Waals surface area contributed by atoms with Crippen molar-refractivity contribution in [1.29, 1.82) is 0 Å². The fourth-order valence-electron chi connectivity index (χ4n) is 0.476. The first-order chi connectivity index (χ1) is 4.43. The van der Waals surface area contributed by atoms with Crippen LogP contribution >= 0.6 is 0 Å². The van der Waals surface area contributed by atoms with E-state index in [1.165, 1.54) is 0 Å². The minimum absolute atomic E-state index is 0.597. The Morgan fingerprint density at radius 1 is 1.67 bits per heavy atom. The van der Waals surface area contributed by atoms with Crippen LogP contribution in [0.2, 0.25) is 0 Å². The summed E-state index contributed by atoms with van der Waals surface area (Å²) in [5, 5.41) is 0. The van der Waals surface area contributed by atoms with Crippen LogP contribution in [0.5, 0.6) is 5.75 Å². The lowest BCUT2D eigenvalue weighted by Gasteiger charge is -1.91. The number of pyridine rings is 1. The average molecular weight is 119 g/mol. The van der Waals surface area contributed by atoms with E-state index < -0.39 is 0 Å². The topological polar surface area (TPSA) is 22.1 Å². The number of aromatic nitrogens is 1. The Morgan fingerprint density at radius 2 is 2.56 bits per heavy atom. The van der Waals surface area contributed by atoms with Gasteiger partial charge in [0.1, 0.15) is 6.11 Å². The predicted molar refractivity (Wildman–Crippen MR) is 33.7 cm³/mol. The van der Waals surface area contributed by atoms with Crippen LogP contribution in [-0.4, -0.2) is 4.98 Å². The molecule has 0 bridgehead atoms. The molecule has 0 unspecified atom stereocenters. The first-order valence-electron chi connectivity index (χ1n) is 2.46. The van der Waals surface area contributed by atoms with E-state index in [2.05, 4.69) is 9.72 Å². The van der Waals surface area contributed by atoms with Crippen molar-refractivity contribution in [2.45, 2.75) is 0 Å². The second kappa shape index (κ2) is 2.73. The summed E-state index contributed by atoms with van der Waals surface area (Å²) in [5.41, 5.74) is 0. The number of hydrogen-bond donors (Lipinski definition) is 0. The van der Waals surface area contributed by atoms with Gasteiger partial charge in [-0.3, -0.25) is 4.98 Å². The van der Waals surface area contributed by atoms with Crippen LogP contribution in [-0.2, 0) is 0 Å². The highest BCUT2D eigenvalue weighted by atomic mass is 16.5. The molecule has 0 aliphatic heterocycles. The largest absolute Gasteiger partial charge is 0.406 e. The summed E-state index contributed by atoms with van der Waals surface area (Å²) in [6.45, 7) is 0. The number of rotatable bonds is 1. The zero-order chi connectivity index (χ0) is 6.53. The maximum absolute atomic E-state index is 4.86. The fourth-order valence-corrected chi connectivity index (χ4v) is 0.476. The summed E-state index contributed by atoms with van der Waals surface area (Å²) < 4.78 is 4.67. The van der Waals surface area contributed by atoms with Crippen molar-refractivity contribution in [2.24, 2.45) is 0 Å². The van der Waals surface area contributed by atoms with Gasteiger partial charge in [0, 0.05) is 6.20 Å². The zero-order valence-corrected chi connectivity index (χ0v) is 4.74. The van der Waals surface area contributed by atoms with Crippen molar-refractivity contribution < 1.29 is 4.74 Å². The molecule has 0 N–H and O–H groups in total. The Kier molecular flexibility index (Phi) is 1.71. The second-order valence-corrected chi connectivity index (χ2v) is 1.41. The number of nitrogens with zero attached hydrogens (tertiary/aromatic N) is 1. The van der Waals surface area contributed by atoms with Gasteiger partial charge in [-0.05, 0) is 12.1 Å². The standard InChI is InChI=1S/C7H5NO/c1-2-9-7-4-3-5-8-6-7/h1,3-6H. The number of terminal acetylenes is 1. The van der Waals surface area contributed by atoms with E-state index in [4.69, 9.17) is 6.42 Å². The van der Waals surface area contributed by atoms with Crippen molar-refractivity contribution in [3.8, 4) is 18.3 Å². The van der Waals surface area contributed by atoms with Crippen LogP contribution in [0.25, 0.3) is 0 Å². The smallest absolute Gasteiger partial charge is 0.158 e. The third-order valence-corrected chi connectivity index (χ3v) is 0.811. The van der Waals surface area contributed by atoms with E-state index in [1.807, 2.05) is 6.11 Å². The molecule has 44 valence electrons. The molecule has 0 atom stereocenters. The molecule has 0 fully saturated rings. The zero-order valence-electron chi connectivity index (χ0n) is 4.74. The van der Waals surface area contributed by atoms with Crippen molar-refractivity contribution in [3.05, 3.63) is 24.5 Å². The Labute approximate surface area is 53.5 Å². The molecule has 0 aliphatic rings. The third-order valence-electron chi connectivity index (χ3n) is 0.811. The average Bonchev–Trinajstić information content (AvgIpc) is 1.91. The molecule has 0 saturated heterocycles. The van der Waals surface area contributed by atoms with Gasteiger partial charge in [-0.15, -0.1) is 0 Å². The molecule has 0 radical (unpaired) electrons. The summed E-state index contributed by atoms with van der Waals surface area (Å²) in [6.07, 6.45) is 10.1. The molecule has 0 aromatic carbocycles. The van der Waals surface area contributed by atoms with E-state index in [9.17, 15) is 0 Å². The van der Waals surface area contributed by atoms with E-state index in [0.717, 1.165) is 0 Å². The third kappa shape index (κ3) is 1.46.